The highest BCUT2D eigenvalue weighted by Crippen LogP contribution is 2.38. The van der Waals surface area contributed by atoms with E-state index in [4.69, 9.17) is 18.9 Å². The largest absolute Gasteiger partial charge is 0.493 e. The standard InChI is InChI=1S/C21H28N2O5S/c1-14(19(18-6-5-11-29-18)23-7-9-28-10-8-23)22-21(24)15-12-16(25-2)20(27-4)17(13-15)26-3/h5-6,11-14,19H,7-10H2,1-4H3,(H,22,24)/t14-,19+/m0/s1. The zero-order chi connectivity index (χ0) is 20.8. The van der Waals surface area contributed by atoms with Crippen LogP contribution in [0.15, 0.2) is 29.6 Å². The van der Waals surface area contributed by atoms with Crippen LogP contribution in [0.5, 0.6) is 17.2 Å². The van der Waals surface area contributed by atoms with Crippen molar-refractivity contribution in [1.29, 1.82) is 0 Å². The Balaban J connectivity index is 1.82. The van der Waals surface area contributed by atoms with E-state index in [1.165, 1.54) is 26.2 Å². The number of thiophene rings is 1. The van der Waals surface area contributed by atoms with Crippen molar-refractivity contribution in [3.63, 3.8) is 0 Å². The first-order chi connectivity index (χ1) is 14.1. The van der Waals surface area contributed by atoms with Gasteiger partial charge in [0, 0.05) is 29.6 Å². The molecule has 7 nitrogen and oxygen atoms in total. The zero-order valence-electron chi connectivity index (χ0n) is 17.3. The molecule has 0 bridgehead atoms. The highest BCUT2D eigenvalue weighted by molar-refractivity contribution is 7.10. The van der Waals surface area contributed by atoms with Crippen molar-refractivity contribution >= 4 is 17.2 Å². The van der Waals surface area contributed by atoms with Crippen LogP contribution in [0.1, 0.15) is 28.2 Å². The number of hydrogen-bond acceptors (Lipinski definition) is 7. The lowest BCUT2D eigenvalue weighted by atomic mass is 10.0. The Labute approximate surface area is 175 Å². The highest BCUT2D eigenvalue weighted by Gasteiger charge is 2.30. The van der Waals surface area contributed by atoms with E-state index in [1.807, 2.05) is 13.0 Å². The van der Waals surface area contributed by atoms with Crippen LogP contribution in [0.3, 0.4) is 0 Å². The summed E-state index contributed by atoms with van der Waals surface area (Å²) in [5.74, 6) is 1.18. The second-order valence-corrected chi connectivity index (χ2v) is 7.76. The average Bonchev–Trinajstić information content (AvgIpc) is 3.27. The van der Waals surface area contributed by atoms with Crippen molar-refractivity contribution in [2.45, 2.75) is 19.0 Å². The van der Waals surface area contributed by atoms with Gasteiger partial charge in [-0.1, -0.05) is 6.07 Å². The minimum atomic E-state index is -0.188. The molecule has 0 radical (unpaired) electrons. The molecule has 0 saturated carbocycles. The first kappa shape index (κ1) is 21.4. The molecule has 0 unspecified atom stereocenters. The lowest BCUT2D eigenvalue weighted by Crippen LogP contribution is -2.48. The molecule has 2 aromatic rings. The summed E-state index contributed by atoms with van der Waals surface area (Å²) in [6, 6.07) is 7.48. The number of hydrogen-bond donors (Lipinski definition) is 1. The molecule has 8 heteroatoms. The van der Waals surface area contributed by atoms with E-state index in [1.54, 1.807) is 23.5 Å². The first-order valence-electron chi connectivity index (χ1n) is 9.55. The van der Waals surface area contributed by atoms with Gasteiger partial charge in [-0.25, -0.2) is 0 Å². The van der Waals surface area contributed by atoms with E-state index in [0.717, 1.165) is 13.1 Å². The van der Waals surface area contributed by atoms with Gasteiger partial charge >= 0.3 is 0 Å². The molecule has 2 heterocycles. The summed E-state index contributed by atoms with van der Waals surface area (Å²) in [6.07, 6.45) is 0. The Bertz CT molecular complexity index is 780. The van der Waals surface area contributed by atoms with Gasteiger partial charge in [0.1, 0.15) is 0 Å². The van der Waals surface area contributed by atoms with Gasteiger partial charge < -0.3 is 24.3 Å². The van der Waals surface area contributed by atoms with Crippen molar-refractivity contribution in [2.75, 3.05) is 47.6 Å². The monoisotopic (exact) mass is 420 g/mol. The summed E-state index contributed by atoms with van der Waals surface area (Å²) < 4.78 is 21.6. The maximum atomic E-state index is 13.0. The van der Waals surface area contributed by atoms with Crippen LogP contribution >= 0.6 is 11.3 Å². The second kappa shape index (κ2) is 9.96. The van der Waals surface area contributed by atoms with E-state index in [0.29, 0.717) is 36.0 Å². The molecule has 1 aromatic carbocycles. The third kappa shape index (κ3) is 4.83. The lowest BCUT2D eigenvalue weighted by Gasteiger charge is -2.37. The van der Waals surface area contributed by atoms with E-state index in [-0.39, 0.29) is 18.0 Å². The number of carbonyl (C=O) groups excluding carboxylic acids is 1. The zero-order valence-corrected chi connectivity index (χ0v) is 18.1. The number of benzene rings is 1. The van der Waals surface area contributed by atoms with Gasteiger partial charge in [0.25, 0.3) is 5.91 Å². The molecule has 1 amide bonds. The average molecular weight is 421 g/mol. The normalized spacial score (nSPS) is 16.7. The summed E-state index contributed by atoms with van der Waals surface area (Å²) in [5.41, 5.74) is 0.457. The van der Waals surface area contributed by atoms with Crippen molar-refractivity contribution < 1.29 is 23.7 Å². The molecule has 1 aliphatic heterocycles. The van der Waals surface area contributed by atoms with Crippen LogP contribution in [0.2, 0.25) is 0 Å². The maximum Gasteiger partial charge on any atom is 0.251 e. The maximum absolute atomic E-state index is 13.0. The Kier molecular flexibility index (Phi) is 7.35. The Morgan fingerprint density at radius 2 is 1.79 bits per heavy atom. The number of carbonyl (C=O) groups is 1. The predicted octanol–water partition coefficient (Wildman–Crippen LogP) is 2.97. The second-order valence-electron chi connectivity index (χ2n) is 6.78. The Morgan fingerprint density at radius 1 is 1.14 bits per heavy atom. The summed E-state index contributed by atoms with van der Waals surface area (Å²) in [5, 5.41) is 5.22. The van der Waals surface area contributed by atoms with Crippen LogP contribution in [0, 0.1) is 0 Å². The Hall–Kier alpha value is -2.29. The molecule has 29 heavy (non-hydrogen) atoms. The third-order valence-electron chi connectivity index (χ3n) is 5.03. The lowest BCUT2D eigenvalue weighted by molar-refractivity contribution is 0.00969. The third-order valence-corrected chi connectivity index (χ3v) is 5.98. The number of morpholine rings is 1. The molecular weight excluding hydrogens is 392 g/mol. The summed E-state index contributed by atoms with van der Waals surface area (Å²) >= 11 is 1.70. The fraction of sp³-hybridized carbons (Fsp3) is 0.476. The van der Waals surface area contributed by atoms with Gasteiger partial charge in [0.2, 0.25) is 5.75 Å². The minimum Gasteiger partial charge on any atom is -0.493 e. The van der Waals surface area contributed by atoms with Gasteiger partial charge in [-0.15, -0.1) is 11.3 Å². The highest BCUT2D eigenvalue weighted by atomic mass is 32.1. The van der Waals surface area contributed by atoms with Crippen molar-refractivity contribution in [2.24, 2.45) is 0 Å². The van der Waals surface area contributed by atoms with Gasteiger partial charge in [0.05, 0.1) is 40.6 Å². The molecular formula is C21H28N2O5S. The van der Waals surface area contributed by atoms with Crippen LogP contribution in [0.25, 0.3) is 0 Å². The molecule has 1 N–H and O–H groups in total. The topological polar surface area (TPSA) is 69.3 Å². The molecule has 158 valence electrons. The number of rotatable bonds is 8. The number of amides is 1. The van der Waals surface area contributed by atoms with Crippen molar-refractivity contribution in [3.05, 3.63) is 40.1 Å². The van der Waals surface area contributed by atoms with Crippen LogP contribution in [-0.4, -0.2) is 64.5 Å². The summed E-state index contributed by atoms with van der Waals surface area (Å²) in [6.45, 7) is 5.13. The molecule has 0 aliphatic carbocycles. The van der Waals surface area contributed by atoms with Crippen LogP contribution < -0.4 is 19.5 Å². The van der Waals surface area contributed by atoms with E-state index in [9.17, 15) is 4.79 Å². The van der Waals surface area contributed by atoms with Crippen LogP contribution in [-0.2, 0) is 4.74 Å². The molecule has 0 spiro atoms. The first-order valence-corrected chi connectivity index (χ1v) is 10.4. The number of ether oxygens (including phenoxy) is 4. The SMILES string of the molecule is COc1cc(C(=O)N[C@@H](C)[C@H](c2cccs2)N2CCOCC2)cc(OC)c1OC. The number of nitrogens with one attached hydrogen (secondary N) is 1. The van der Waals surface area contributed by atoms with E-state index < -0.39 is 0 Å². The quantitative estimate of drug-likeness (QED) is 0.708. The van der Waals surface area contributed by atoms with E-state index >= 15 is 0 Å². The molecule has 1 aromatic heterocycles. The van der Waals surface area contributed by atoms with Crippen molar-refractivity contribution in [3.8, 4) is 17.2 Å². The molecule has 3 rings (SSSR count). The van der Waals surface area contributed by atoms with Crippen LogP contribution in [0.4, 0.5) is 0 Å². The number of nitrogens with zero attached hydrogens (tertiary/aromatic N) is 1. The molecule has 1 fully saturated rings. The molecule has 2 atom stereocenters. The van der Waals surface area contributed by atoms with Gasteiger partial charge in [0.15, 0.2) is 11.5 Å². The smallest absolute Gasteiger partial charge is 0.251 e. The fourth-order valence-corrected chi connectivity index (χ4v) is 4.60. The Morgan fingerprint density at radius 3 is 2.31 bits per heavy atom. The predicted molar refractivity (Wildman–Crippen MR) is 112 cm³/mol. The number of methoxy groups -OCH3 is 3. The van der Waals surface area contributed by atoms with E-state index in [2.05, 4.69) is 21.7 Å². The summed E-state index contributed by atoms with van der Waals surface area (Å²) in [4.78, 5) is 16.6. The van der Waals surface area contributed by atoms with Gasteiger partial charge in [-0.3, -0.25) is 9.69 Å². The van der Waals surface area contributed by atoms with Gasteiger partial charge in [-0.05, 0) is 30.5 Å². The summed E-state index contributed by atoms with van der Waals surface area (Å²) in [7, 11) is 4.61. The molecule has 1 aliphatic rings. The fourth-order valence-electron chi connectivity index (χ4n) is 3.64. The van der Waals surface area contributed by atoms with Crippen molar-refractivity contribution in [1.82, 2.24) is 10.2 Å². The van der Waals surface area contributed by atoms with Gasteiger partial charge in [-0.2, -0.15) is 0 Å². The molecule has 1 saturated heterocycles. The minimum absolute atomic E-state index is 0.0879.